The van der Waals surface area contributed by atoms with Crippen LogP contribution < -0.4 is 16.0 Å². The number of aromatic nitrogens is 1. The van der Waals surface area contributed by atoms with E-state index in [1.54, 1.807) is 28.8 Å². The van der Waals surface area contributed by atoms with Crippen molar-refractivity contribution in [3.05, 3.63) is 109 Å². The van der Waals surface area contributed by atoms with Gasteiger partial charge in [-0.2, -0.15) is 5.26 Å². The lowest BCUT2D eigenvalue weighted by molar-refractivity contribution is 0.389. The number of fused-ring (bicyclic) bond motifs is 1. The Bertz CT molecular complexity index is 1250. The molecule has 30 heavy (non-hydrogen) atoms. The van der Waals surface area contributed by atoms with E-state index in [-0.39, 0.29) is 22.6 Å². The van der Waals surface area contributed by atoms with E-state index in [1.165, 1.54) is 0 Å². The molecular weight excluding hydrogens is 421 g/mol. The van der Waals surface area contributed by atoms with Crippen molar-refractivity contribution in [2.24, 2.45) is 5.73 Å². The number of hydrogen-bond acceptors (Lipinski definition) is 4. The lowest BCUT2D eigenvalue weighted by Crippen LogP contribution is -2.33. The molecule has 1 aliphatic heterocycles. The van der Waals surface area contributed by atoms with Crippen molar-refractivity contribution in [1.29, 1.82) is 5.26 Å². The zero-order valence-corrected chi connectivity index (χ0v) is 17.5. The molecule has 0 aliphatic carbocycles. The number of nitrogens with two attached hydrogens (primary N) is 1. The average Bonchev–Trinajstić information content (AvgIpc) is 2.71. The van der Waals surface area contributed by atoms with Crippen molar-refractivity contribution in [2.75, 3.05) is 0 Å². The fourth-order valence-corrected chi connectivity index (χ4v) is 4.34. The lowest BCUT2D eigenvalue weighted by atomic mass is 9.84. The summed E-state index contributed by atoms with van der Waals surface area (Å²) >= 11 is 12.9. The third-order valence-electron chi connectivity index (χ3n) is 5.16. The molecule has 0 spiro atoms. The molecule has 4 rings (SSSR count). The Morgan fingerprint density at radius 2 is 1.77 bits per heavy atom. The summed E-state index contributed by atoms with van der Waals surface area (Å²) in [6, 6.07) is 18.5. The summed E-state index contributed by atoms with van der Waals surface area (Å²) < 4.78 is 7.31. The van der Waals surface area contributed by atoms with Crippen molar-refractivity contribution >= 4 is 23.2 Å². The van der Waals surface area contributed by atoms with Gasteiger partial charge in [0.2, 0.25) is 5.88 Å². The minimum Gasteiger partial charge on any atom is -0.440 e. The number of nitrogens with zero attached hydrogens (tertiary/aromatic N) is 2. The highest BCUT2D eigenvalue weighted by Crippen LogP contribution is 2.45. The van der Waals surface area contributed by atoms with Crippen molar-refractivity contribution in [3.63, 3.8) is 0 Å². The molecule has 0 amide bonds. The summed E-state index contributed by atoms with van der Waals surface area (Å²) in [6.07, 6.45) is 0. The average molecular weight is 438 g/mol. The van der Waals surface area contributed by atoms with Crippen LogP contribution in [0.2, 0.25) is 10.0 Å². The molecule has 0 radical (unpaired) electrons. The van der Waals surface area contributed by atoms with Gasteiger partial charge in [0.05, 0.1) is 18.0 Å². The van der Waals surface area contributed by atoms with Crippen LogP contribution in [-0.4, -0.2) is 4.57 Å². The van der Waals surface area contributed by atoms with Gasteiger partial charge in [0.25, 0.3) is 5.56 Å². The highest BCUT2D eigenvalue weighted by Gasteiger charge is 2.36. The predicted octanol–water partition coefficient (Wildman–Crippen LogP) is 4.73. The summed E-state index contributed by atoms with van der Waals surface area (Å²) in [7, 11) is 0. The second kappa shape index (κ2) is 7.91. The van der Waals surface area contributed by atoms with Gasteiger partial charge in [-0.05, 0) is 24.6 Å². The van der Waals surface area contributed by atoms with Crippen LogP contribution in [0.5, 0.6) is 5.75 Å². The number of nitriles is 1. The van der Waals surface area contributed by atoms with Crippen LogP contribution in [-0.2, 0) is 6.54 Å². The van der Waals surface area contributed by atoms with E-state index in [4.69, 9.17) is 33.7 Å². The van der Waals surface area contributed by atoms with Crippen LogP contribution in [0.15, 0.2) is 70.8 Å². The number of halogens is 2. The number of rotatable bonds is 3. The van der Waals surface area contributed by atoms with Gasteiger partial charge in [-0.3, -0.25) is 4.79 Å². The third-order valence-corrected chi connectivity index (χ3v) is 5.82. The Hall–Kier alpha value is -3.20. The molecule has 2 N–H and O–H groups in total. The van der Waals surface area contributed by atoms with Gasteiger partial charge in [-0.25, -0.2) is 0 Å². The van der Waals surface area contributed by atoms with Crippen LogP contribution in [0.4, 0.5) is 0 Å². The molecule has 0 saturated carbocycles. The molecule has 7 heteroatoms. The maximum Gasteiger partial charge on any atom is 0.259 e. The molecular formula is C23H17Cl2N3O2. The summed E-state index contributed by atoms with van der Waals surface area (Å²) in [6.45, 7) is 2.20. The van der Waals surface area contributed by atoms with Gasteiger partial charge in [0, 0.05) is 27.4 Å². The molecule has 1 aromatic heterocycles. The third kappa shape index (κ3) is 3.35. The fraction of sp³-hybridized carbons (Fsp3) is 0.130. The Balaban J connectivity index is 1.99. The van der Waals surface area contributed by atoms with E-state index < -0.39 is 5.92 Å². The van der Waals surface area contributed by atoms with E-state index >= 15 is 0 Å². The van der Waals surface area contributed by atoms with Crippen LogP contribution in [0.3, 0.4) is 0 Å². The van der Waals surface area contributed by atoms with Crippen LogP contribution in [0.25, 0.3) is 0 Å². The maximum absolute atomic E-state index is 13.6. The largest absolute Gasteiger partial charge is 0.440 e. The molecule has 1 aliphatic rings. The van der Waals surface area contributed by atoms with E-state index in [0.29, 0.717) is 33.6 Å². The van der Waals surface area contributed by atoms with Gasteiger partial charge >= 0.3 is 0 Å². The van der Waals surface area contributed by atoms with Crippen molar-refractivity contribution in [3.8, 4) is 11.8 Å². The Kier molecular flexibility index (Phi) is 5.29. The first kappa shape index (κ1) is 20.1. The highest BCUT2D eigenvalue weighted by atomic mass is 35.5. The number of pyridine rings is 1. The first-order chi connectivity index (χ1) is 14.4. The fourth-order valence-electron chi connectivity index (χ4n) is 3.72. The van der Waals surface area contributed by atoms with E-state index in [0.717, 1.165) is 5.56 Å². The van der Waals surface area contributed by atoms with Gasteiger partial charge in [-0.1, -0.05) is 59.6 Å². The minimum absolute atomic E-state index is 0.0643. The standard InChI is InChI=1S/C23H17Cl2N3O2/c1-13-10-18-21(23(29)28(13)12-14-6-3-2-4-7-14)19(15(11-26)22(27)30-18)20-16(24)8-5-9-17(20)25/h2-10,19H,12,27H2,1H3. The molecule has 1 atom stereocenters. The van der Waals surface area contributed by atoms with E-state index in [9.17, 15) is 10.1 Å². The van der Waals surface area contributed by atoms with Crippen LogP contribution in [0.1, 0.15) is 28.3 Å². The Labute approximate surface area is 183 Å². The summed E-state index contributed by atoms with van der Waals surface area (Å²) in [4.78, 5) is 13.6. The van der Waals surface area contributed by atoms with Crippen molar-refractivity contribution < 1.29 is 4.74 Å². The predicted molar refractivity (Wildman–Crippen MR) is 117 cm³/mol. The van der Waals surface area contributed by atoms with Crippen LogP contribution in [0, 0.1) is 18.3 Å². The number of allylic oxidation sites excluding steroid dienone is 1. The molecule has 150 valence electrons. The first-order valence-corrected chi connectivity index (χ1v) is 9.97. The molecule has 2 heterocycles. The van der Waals surface area contributed by atoms with Gasteiger partial charge in [0.15, 0.2) is 0 Å². The normalized spacial score (nSPS) is 15.3. The second-order valence-corrected chi connectivity index (χ2v) is 7.82. The summed E-state index contributed by atoms with van der Waals surface area (Å²) in [5, 5.41) is 10.5. The molecule has 3 aromatic rings. The highest BCUT2D eigenvalue weighted by molar-refractivity contribution is 6.36. The number of aryl methyl sites for hydroxylation is 1. The SMILES string of the molecule is Cc1cc2c(c(=O)n1Cc1ccccc1)C(c1c(Cl)cccc1Cl)C(C#N)=C(N)O2. The second-order valence-electron chi connectivity index (χ2n) is 7.00. The van der Waals surface area contributed by atoms with E-state index in [1.807, 2.05) is 37.3 Å². The molecule has 2 aromatic carbocycles. The van der Waals surface area contributed by atoms with E-state index in [2.05, 4.69) is 6.07 Å². The zero-order valence-electron chi connectivity index (χ0n) is 16.0. The number of benzene rings is 2. The monoisotopic (exact) mass is 437 g/mol. The lowest BCUT2D eigenvalue weighted by Gasteiger charge is -2.28. The quantitative estimate of drug-likeness (QED) is 0.641. The summed E-state index contributed by atoms with van der Waals surface area (Å²) in [5.74, 6) is -0.583. The molecule has 5 nitrogen and oxygen atoms in total. The van der Waals surface area contributed by atoms with Gasteiger partial charge < -0.3 is 15.0 Å². The molecule has 0 bridgehead atoms. The Morgan fingerprint density at radius 3 is 2.40 bits per heavy atom. The summed E-state index contributed by atoms with van der Waals surface area (Å²) in [5.41, 5.74) is 8.28. The smallest absolute Gasteiger partial charge is 0.259 e. The minimum atomic E-state index is -0.824. The van der Waals surface area contributed by atoms with Crippen molar-refractivity contribution in [2.45, 2.75) is 19.4 Å². The van der Waals surface area contributed by atoms with Gasteiger partial charge in [-0.15, -0.1) is 0 Å². The van der Waals surface area contributed by atoms with Gasteiger partial charge in [0.1, 0.15) is 17.4 Å². The number of ether oxygens (including phenoxy) is 1. The van der Waals surface area contributed by atoms with Crippen LogP contribution >= 0.6 is 23.2 Å². The zero-order chi connectivity index (χ0) is 21.4. The first-order valence-electron chi connectivity index (χ1n) is 9.22. The topological polar surface area (TPSA) is 81.0 Å². The number of hydrogen-bond donors (Lipinski definition) is 1. The molecule has 1 unspecified atom stereocenters. The molecule has 0 fully saturated rings. The van der Waals surface area contributed by atoms with Crippen molar-refractivity contribution in [1.82, 2.24) is 4.57 Å². The molecule has 0 saturated heterocycles. The maximum atomic E-state index is 13.6. The Morgan fingerprint density at radius 1 is 1.10 bits per heavy atom.